The van der Waals surface area contributed by atoms with E-state index in [2.05, 4.69) is 17.5 Å². The second kappa shape index (κ2) is 2.83. The van der Waals surface area contributed by atoms with E-state index < -0.39 is 0 Å². The quantitative estimate of drug-likeness (QED) is 0.623. The molecule has 0 aromatic carbocycles. The number of carbonyl (C=O) groups is 1. The average Bonchev–Trinajstić information content (AvgIpc) is 2.76. The van der Waals surface area contributed by atoms with Gasteiger partial charge in [0.05, 0.1) is 5.92 Å². The van der Waals surface area contributed by atoms with Crippen molar-refractivity contribution < 1.29 is 4.79 Å². The first-order valence-corrected chi connectivity index (χ1v) is 5.50. The Morgan fingerprint density at radius 1 is 1.29 bits per heavy atom. The van der Waals surface area contributed by atoms with Crippen LogP contribution in [0.1, 0.15) is 19.3 Å². The number of hydrogen-bond donors (Lipinski definition) is 2. The first-order valence-electron chi connectivity index (χ1n) is 5.50. The number of allylic oxidation sites excluding steroid dienone is 1. The lowest BCUT2D eigenvalue weighted by Crippen LogP contribution is -2.44. The van der Waals surface area contributed by atoms with Crippen LogP contribution in [-0.2, 0) is 4.79 Å². The van der Waals surface area contributed by atoms with Gasteiger partial charge in [0.1, 0.15) is 0 Å². The Balaban J connectivity index is 1.71. The van der Waals surface area contributed by atoms with Crippen molar-refractivity contribution >= 4 is 5.91 Å². The molecule has 0 aliphatic heterocycles. The molecule has 2 fully saturated rings. The van der Waals surface area contributed by atoms with Crippen molar-refractivity contribution in [3.8, 4) is 0 Å². The Morgan fingerprint density at radius 2 is 2.00 bits per heavy atom. The Labute approximate surface area is 83.7 Å². The van der Waals surface area contributed by atoms with E-state index in [1.54, 1.807) is 0 Å². The van der Waals surface area contributed by atoms with Gasteiger partial charge in [-0.25, -0.2) is 0 Å². The van der Waals surface area contributed by atoms with E-state index in [4.69, 9.17) is 5.73 Å². The highest BCUT2D eigenvalue weighted by atomic mass is 16.2. The molecule has 76 valence electrons. The van der Waals surface area contributed by atoms with Gasteiger partial charge in [-0.05, 0) is 31.1 Å². The number of hydrogen-bond acceptors (Lipinski definition) is 2. The smallest absolute Gasteiger partial charge is 0.225 e. The zero-order valence-corrected chi connectivity index (χ0v) is 8.15. The SMILES string of the molecule is N[C@H]1[C@@H](C(=O)NC2CC2)[C@@H]2C=C[C@H]1C2. The molecular weight excluding hydrogens is 176 g/mol. The molecule has 1 amide bonds. The topological polar surface area (TPSA) is 55.1 Å². The van der Waals surface area contributed by atoms with Crippen molar-refractivity contribution in [1.82, 2.24) is 5.32 Å². The molecule has 3 nitrogen and oxygen atoms in total. The van der Waals surface area contributed by atoms with Crippen molar-refractivity contribution in [1.29, 1.82) is 0 Å². The molecule has 3 aliphatic carbocycles. The Kier molecular flexibility index (Phi) is 1.71. The molecule has 4 atom stereocenters. The molecular formula is C11H16N2O. The van der Waals surface area contributed by atoms with Gasteiger partial charge in [-0.2, -0.15) is 0 Å². The monoisotopic (exact) mass is 192 g/mol. The zero-order chi connectivity index (χ0) is 9.71. The third-order valence-corrected chi connectivity index (χ3v) is 3.75. The second-order valence-corrected chi connectivity index (χ2v) is 4.83. The van der Waals surface area contributed by atoms with Crippen molar-refractivity contribution in [3.63, 3.8) is 0 Å². The van der Waals surface area contributed by atoms with E-state index in [0.29, 0.717) is 17.9 Å². The molecule has 3 rings (SSSR count). The molecule has 0 saturated heterocycles. The van der Waals surface area contributed by atoms with Crippen LogP contribution in [0.4, 0.5) is 0 Å². The molecule has 3 aliphatic rings. The fraction of sp³-hybridized carbons (Fsp3) is 0.727. The first kappa shape index (κ1) is 8.48. The Morgan fingerprint density at radius 3 is 2.57 bits per heavy atom. The standard InChI is InChI=1S/C11H16N2O/c12-10-7-2-1-6(5-7)9(10)11(14)13-8-3-4-8/h1-2,6-10H,3-5,12H2,(H,13,14)/t6-,7+,9+,10-/m1/s1. The molecule has 3 N–H and O–H groups in total. The van der Waals surface area contributed by atoms with E-state index in [1.165, 1.54) is 0 Å². The van der Waals surface area contributed by atoms with E-state index in [0.717, 1.165) is 19.3 Å². The van der Waals surface area contributed by atoms with Crippen LogP contribution in [0.3, 0.4) is 0 Å². The number of carbonyl (C=O) groups excluding carboxylic acids is 1. The minimum atomic E-state index is 0.0469. The molecule has 0 aromatic rings. The molecule has 0 radical (unpaired) electrons. The highest BCUT2D eigenvalue weighted by molar-refractivity contribution is 5.81. The van der Waals surface area contributed by atoms with Gasteiger partial charge in [0, 0.05) is 12.1 Å². The molecule has 0 spiro atoms. The zero-order valence-electron chi connectivity index (χ0n) is 8.15. The lowest BCUT2D eigenvalue weighted by Gasteiger charge is -2.23. The van der Waals surface area contributed by atoms with Crippen LogP contribution in [-0.4, -0.2) is 18.0 Å². The summed E-state index contributed by atoms with van der Waals surface area (Å²) in [4.78, 5) is 11.9. The number of nitrogens with one attached hydrogen (secondary N) is 1. The fourth-order valence-electron chi connectivity index (χ4n) is 2.75. The molecule has 0 aromatic heterocycles. The van der Waals surface area contributed by atoms with E-state index >= 15 is 0 Å². The third-order valence-electron chi connectivity index (χ3n) is 3.75. The molecule has 0 unspecified atom stereocenters. The van der Waals surface area contributed by atoms with Crippen LogP contribution in [0.5, 0.6) is 0 Å². The third kappa shape index (κ3) is 1.19. The Hall–Kier alpha value is -0.830. The van der Waals surface area contributed by atoms with Crippen molar-refractivity contribution in [2.45, 2.75) is 31.3 Å². The van der Waals surface area contributed by atoms with Crippen LogP contribution in [0.25, 0.3) is 0 Å². The maximum absolute atomic E-state index is 11.9. The molecule has 0 heterocycles. The number of nitrogens with two attached hydrogens (primary N) is 1. The van der Waals surface area contributed by atoms with Crippen molar-refractivity contribution in [3.05, 3.63) is 12.2 Å². The van der Waals surface area contributed by atoms with Crippen LogP contribution in [0.15, 0.2) is 12.2 Å². The van der Waals surface area contributed by atoms with Gasteiger partial charge >= 0.3 is 0 Å². The minimum Gasteiger partial charge on any atom is -0.353 e. The van der Waals surface area contributed by atoms with Gasteiger partial charge in [-0.1, -0.05) is 12.2 Å². The maximum atomic E-state index is 11.9. The van der Waals surface area contributed by atoms with Crippen LogP contribution < -0.4 is 11.1 Å². The van der Waals surface area contributed by atoms with Crippen LogP contribution >= 0.6 is 0 Å². The predicted molar refractivity (Wildman–Crippen MR) is 53.4 cm³/mol. The van der Waals surface area contributed by atoms with Gasteiger partial charge in [0.15, 0.2) is 0 Å². The fourth-order valence-corrected chi connectivity index (χ4v) is 2.75. The lowest BCUT2D eigenvalue weighted by molar-refractivity contribution is -0.126. The summed E-state index contributed by atoms with van der Waals surface area (Å²) in [6, 6.07) is 0.515. The largest absolute Gasteiger partial charge is 0.353 e. The summed E-state index contributed by atoms with van der Waals surface area (Å²) >= 11 is 0. The summed E-state index contributed by atoms with van der Waals surface area (Å²) in [7, 11) is 0. The van der Waals surface area contributed by atoms with Gasteiger partial charge in [-0.15, -0.1) is 0 Å². The minimum absolute atomic E-state index is 0.0469. The van der Waals surface area contributed by atoms with Gasteiger partial charge < -0.3 is 11.1 Å². The lowest BCUT2D eigenvalue weighted by atomic mass is 9.89. The van der Waals surface area contributed by atoms with Gasteiger partial charge in [0.2, 0.25) is 5.91 Å². The summed E-state index contributed by atoms with van der Waals surface area (Å²) in [6.45, 7) is 0. The molecule has 2 bridgehead atoms. The summed E-state index contributed by atoms with van der Waals surface area (Å²) in [5.41, 5.74) is 6.05. The van der Waals surface area contributed by atoms with Gasteiger partial charge in [0.25, 0.3) is 0 Å². The Bertz CT molecular complexity index is 296. The predicted octanol–water partition coefficient (Wildman–Crippen LogP) is 0.414. The van der Waals surface area contributed by atoms with E-state index in [-0.39, 0.29) is 17.9 Å². The van der Waals surface area contributed by atoms with Crippen molar-refractivity contribution in [2.75, 3.05) is 0 Å². The highest BCUT2D eigenvalue weighted by Gasteiger charge is 2.46. The molecule has 3 heteroatoms. The van der Waals surface area contributed by atoms with Crippen molar-refractivity contribution in [2.24, 2.45) is 23.5 Å². The molecule has 2 saturated carbocycles. The number of rotatable bonds is 2. The number of amides is 1. The maximum Gasteiger partial charge on any atom is 0.225 e. The number of fused-ring (bicyclic) bond motifs is 2. The second-order valence-electron chi connectivity index (χ2n) is 4.83. The van der Waals surface area contributed by atoms with E-state index in [1.807, 2.05) is 0 Å². The summed E-state index contributed by atoms with van der Waals surface area (Å²) in [6.07, 6.45) is 7.74. The van der Waals surface area contributed by atoms with Crippen LogP contribution in [0, 0.1) is 17.8 Å². The summed E-state index contributed by atoms with van der Waals surface area (Å²) in [5, 5.41) is 3.06. The highest BCUT2D eigenvalue weighted by Crippen LogP contribution is 2.43. The van der Waals surface area contributed by atoms with Gasteiger partial charge in [-0.3, -0.25) is 4.79 Å². The summed E-state index contributed by atoms with van der Waals surface area (Å²) in [5.74, 6) is 1.10. The average molecular weight is 192 g/mol. The van der Waals surface area contributed by atoms with E-state index in [9.17, 15) is 4.79 Å². The molecule has 14 heavy (non-hydrogen) atoms. The summed E-state index contributed by atoms with van der Waals surface area (Å²) < 4.78 is 0. The van der Waals surface area contributed by atoms with Crippen LogP contribution in [0.2, 0.25) is 0 Å². The normalized spacial score (nSPS) is 44.4. The first-order chi connectivity index (χ1) is 6.75.